The Kier molecular flexibility index (Phi) is 74.8. The first-order valence-corrected chi connectivity index (χ1v) is 39.7. The Balaban J connectivity index is 3.38. The molecule has 0 aliphatic carbocycles. The normalized spacial score (nSPS) is 12.6. The zero-order valence-corrected chi connectivity index (χ0v) is 59.0. The standard InChI is InChI=1S/C81H155NO5/c1-3-5-7-9-11-13-15-17-19-21-23-24-25-29-32-35-38-41-45-49-53-57-61-65-69-73-79(84)78(77-83)82-80(85)74-70-66-62-58-54-50-46-42-39-36-33-30-27-26-28-31-34-37-40-44-48-52-56-60-64-68-72-76-87-81(86)75-71-67-63-59-55-51-47-43-22-20-18-16-14-12-10-8-6-4-2/h14,16,20,22,26-27,78-79,83-84H,3-13,15,17-19,21,23-25,28-77H2,1-2H3,(H,82,85)/b16-14-,22-20-,27-26-. The number of hydrogen-bond donors (Lipinski definition) is 3. The van der Waals surface area contributed by atoms with Gasteiger partial charge in [0.15, 0.2) is 0 Å². The number of carbonyl (C=O) groups excluding carboxylic acids is 2. The van der Waals surface area contributed by atoms with Crippen LogP contribution in [0.15, 0.2) is 36.5 Å². The fourth-order valence-corrected chi connectivity index (χ4v) is 12.6. The van der Waals surface area contributed by atoms with Crippen LogP contribution in [0.5, 0.6) is 0 Å². The van der Waals surface area contributed by atoms with Crippen LogP contribution >= 0.6 is 0 Å². The third-order valence-corrected chi connectivity index (χ3v) is 18.7. The minimum Gasteiger partial charge on any atom is -0.466 e. The summed E-state index contributed by atoms with van der Waals surface area (Å²) in [5.74, 6) is -0.0218. The maximum Gasteiger partial charge on any atom is 0.305 e. The van der Waals surface area contributed by atoms with Gasteiger partial charge in [0.25, 0.3) is 0 Å². The van der Waals surface area contributed by atoms with Crippen LogP contribution in [0.2, 0.25) is 0 Å². The summed E-state index contributed by atoms with van der Waals surface area (Å²) in [5.41, 5.74) is 0. The van der Waals surface area contributed by atoms with E-state index in [2.05, 4.69) is 55.6 Å². The second-order valence-corrected chi connectivity index (χ2v) is 27.4. The molecule has 0 bridgehead atoms. The van der Waals surface area contributed by atoms with Gasteiger partial charge in [-0.1, -0.05) is 384 Å². The molecule has 0 spiro atoms. The van der Waals surface area contributed by atoms with Crippen molar-refractivity contribution in [1.29, 1.82) is 0 Å². The van der Waals surface area contributed by atoms with Gasteiger partial charge in [-0.3, -0.25) is 9.59 Å². The predicted octanol–water partition coefficient (Wildman–Crippen LogP) is 26.2. The van der Waals surface area contributed by atoms with Gasteiger partial charge in [-0.2, -0.15) is 0 Å². The molecule has 1 amide bonds. The Morgan fingerprint density at radius 3 is 0.897 bits per heavy atom. The first-order chi connectivity index (χ1) is 43.0. The van der Waals surface area contributed by atoms with E-state index in [0.29, 0.717) is 25.9 Å². The van der Waals surface area contributed by atoms with Crippen LogP contribution in [-0.4, -0.2) is 47.4 Å². The van der Waals surface area contributed by atoms with Crippen LogP contribution in [0.3, 0.4) is 0 Å². The number of amides is 1. The molecule has 0 aliphatic heterocycles. The predicted molar refractivity (Wildman–Crippen MR) is 384 cm³/mol. The molecule has 0 heterocycles. The highest BCUT2D eigenvalue weighted by atomic mass is 16.5. The molecule has 0 aromatic carbocycles. The van der Waals surface area contributed by atoms with Crippen molar-refractivity contribution in [3.05, 3.63) is 36.5 Å². The van der Waals surface area contributed by atoms with Crippen molar-refractivity contribution in [2.45, 2.75) is 456 Å². The number of rotatable bonds is 75. The average molecular weight is 1220 g/mol. The Hall–Kier alpha value is -1.92. The Bertz CT molecular complexity index is 1410. The first kappa shape index (κ1) is 85.1. The molecule has 2 unspecified atom stereocenters. The number of carbonyl (C=O) groups is 2. The summed E-state index contributed by atoms with van der Waals surface area (Å²) in [7, 11) is 0. The van der Waals surface area contributed by atoms with E-state index in [1.165, 1.54) is 360 Å². The molecule has 3 N–H and O–H groups in total. The van der Waals surface area contributed by atoms with E-state index in [1.54, 1.807) is 0 Å². The summed E-state index contributed by atoms with van der Waals surface area (Å²) in [4.78, 5) is 24.7. The van der Waals surface area contributed by atoms with Crippen LogP contribution in [0.4, 0.5) is 0 Å². The number of allylic oxidation sites excluding steroid dienone is 6. The van der Waals surface area contributed by atoms with Gasteiger partial charge in [0.1, 0.15) is 0 Å². The van der Waals surface area contributed by atoms with Gasteiger partial charge < -0.3 is 20.3 Å². The van der Waals surface area contributed by atoms with Gasteiger partial charge in [-0.05, 0) is 83.5 Å². The van der Waals surface area contributed by atoms with Gasteiger partial charge in [-0.25, -0.2) is 0 Å². The van der Waals surface area contributed by atoms with Gasteiger partial charge in [0, 0.05) is 12.8 Å². The summed E-state index contributed by atoms with van der Waals surface area (Å²) in [6.45, 7) is 4.98. The fraction of sp³-hybridized carbons (Fsp3) is 0.901. The lowest BCUT2D eigenvalue weighted by molar-refractivity contribution is -0.143. The van der Waals surface area contributed by atoms with Crippen molar-refractivity contribution in [2.75, 3.05) is 13.2 Å². The van der Waals surface area contributed by atoms with Crippen molar-refractivity contribution >= 4 is 11.9 Å². The largest absolute Gasteiger partial charge is 0.466 e. The monoisotopic (exact) mass is 1220 g/mol. The smallest absolute Gasteiger partial charge is 0.305 e. The third kappa shape index (κ3) is 73.0. The molecular weight excluding hydrogens is 1070 g/mol. The van der Waals surface area contributed by atoms with Crippen molar-refractivity contribution in [3.63, 3.8) is 0 Å². The molecule has 0 saturated heterocycles. The zero-order valence-electron chi connectivity index (χ0n) is 59.0. The van der Waals surface area contributed by atoms with E-state index in [-0.39, 0.29) is 18.5 Å². The zero-order chi connectivity index (χ0) is 62.8. The van der Waals surface area contributed by atoms with Gasteiger partial charge >= 0.3 is 5.97 Å². The molecule has 0 radical (unpaired) electrons. The number of unbranched alkanes of at least 4 members (excludes halogenated alkanes) is 58. The first-order valence-electron chi connectivity index (χ1n) is 39.7. The van der Waals surface area contributed by atoms with Gasteiger partial charge in [0.05, 0.1) is 25.4 Å². The topological polar surface area (TPSA) is 95.9 Å². The maximum absolute atomic E-state index is 12.6. The molecule has 0 saturated carbocycles. The Morgan fingerprint density at radius 2 is 0.575 bits per heavy atom. The van der Waals surface area contributed by atoms with Crippen molar-refractivity contribution in [1.82, 2.24) is 5.32 Å². The molecule has 0 rings (SSSR count). The minimum atomic E-state index is -0.667. The fourth-order valence-electron chi connectivity index (χ4n) is 12.6. The molecule has 0 aromatic rings. The van der Waals surface area contributed by atoms with Crippen LogP contribution in [0.1, 0.15) is 444 Å². The Morgan fingerprint density at radius 1 is 0.322 bits per heavy atom. The molecule has 2 atom stereocenters. The van der Waals surface area contributed by atoms with Crippen LogP contribution in [0, 0.1) is 0 Å². The van der Waals surface area contributed by atoms with E-state index < -0.39 is 12.1 Å². The summed E-state index contributed by atoms with van der Waals surface area (Å²) in [5, 5.41) is 23.5. The summed E-state index contributed by atoms with van der Waals surface area (Å²) in [6.07, 6.45) is 99.4. The number of nitrogens with one attached hydrogen (secondary N) is 1. The second kappa shape index (κ2) is 76.5. The third-order valence-electron chi connectivity index (χ3n) is 18.7. The van der Waals surface area contributed by atoms with Crippen LogP contribution < -0.4 is 5.32 Å². The summed E-state index contributed by atoms with van der Waals surface area (Å²) in [6, 6.07) is -0.544. The van der Waals surface area contributed by atoms with Gasteiger partial charge in [-0.15, -0.1) is 0 Å². The van der Waals surface area contributed by atoms with Gasteiger partial charge in [0.2, 0.25) is 5.91 Å². The van der Waals surface area contributed by atoms with E-state index in [4.69, 9.17) is 4.74 Å². The van der Waals surface area contributed by atoms with Crippen LogP contribution in [0.25, 0.3) is 0 Å². The summed E-state index contributed by atoms with van der Waals surface area (Å²) >= 11 is 0. The lowest BCUT2D eigenvalue weighted by atomic mass is 10.0. The highest BCUT2D eigenvalue weighted by molar-refractivity contribution is 5.76. The van der Waals surface area contributed by atoms with Crippen molar-refractivity contribution in [2.24, 2.45) is 0 Å². The number of aliphatic hydroxyl groups excluding tert-OH is 2. The molecule has 87 heavy (non-hydrogen) atoms. The van der Waals surface area contributed by atoms with E-state index in [1.807, 2.05) is 0 Å². The highest BCUT2D eigenvalue weighted by Crippen LogP contribution is 2.20. The number of aliphatic hydroxyl groups is 2. The lowest BCUT2D eigenvalue weighted by Crippen LogP contribution is -2.45. The molecule has 0 aliphatic rings. The van der Waals surface area contributed by atoms with E-state index in [0.717, 1.165) is 51.4 Å². The summed E-state index contributed by atoms with van der Waals surface area (Å²) < 4.78 is 5.51. The van der Waals surface area contributed by atoms with Crippen LogP contribution in [-0.2, 0) is 14.3 Å². The molecule has 0 fully saturated rings. The van der Waals surface area contributed by atoms with E-state index >= 15 is 0 Å². The molecule has 6 heteroatoms. The number of esters is 1. The molecule has 0 aromatic heterocycles. The number of ether oxygens (including phenoxy) is 1. The molecule has 514 valence electrons. The van der Waals surface area contributed by atoms with E-state index in [9.17, 15) is 19.8 Å². The average Bonchev–Trinajstić information content (AvgIpc) is 3.52. The molecule has 6 nitrogen and oxygen atoms in total. The minimum absolute atomic E-state index is 0.00873. The maximum atomic E-state index is 12.6. The lowest BCUT2D eigenvalue weighted by Gasteiger charge is -2.22. The molecular formula is C81H155NO5. The second-order valence-electron chi connectivity index (χ2n) is 27.4. The quantitative estimate of drug-likeness (QED) is 0.0320. The van der Waals surface area contributed by atoms with Crippen molar-refractivity contribution < 1.29 is 24.5 Å². The number of hydrogen-bond acceptors (Lipinski definition) is 5. The van der Waals surface area contributed by atoms with Crippen molar-refractivity contribution in [3.8, 4) is 0 Å². The Labute approximate surface area is 544 Å². The highest BCUT2D eigenvalue weighted by Gasteiger charge is 2.20. The SMILES string of the molecule is CCCCCC/C=C\C/C=C\CCCCCCCCCC(=O)OCCCCCCCCCCCCCC/C=C\CCCCCCCCCCCCCC(=O)NC(CO)C(O)CCCCCCCCCCCCCCCCCCCCCCCCCCC.